The van der Waals surface area contributed by atoms with Gasteiger partial charge in [-0.25, -0.2) is 0 Å². The van der Waals surface area contributed by atoms with E-state index in [0.717, 1.165) is 43.6 Å². The lowest BCUT2D eigenvalue weighted by molar-refractivity contribution is 0.0943. The summed E-state index contributed by atoms with van der Waals surface area (Å²) in [5.41, 5.74) is 4.23. The van der Waals surface area contributed by atoms with Crippen molar-refractivity contribution in [3.63, 3.8) is 0 Å². The highest BCUT2D eigenvalue weighted by atomic mass is 16.1. The highest BCUT2D eigenvalue weighted by molar-refractivity contribution is 5.97. The molecule has 4 rings (SSSR count). The van der Waals surface area contributed by atoms with E-state index in [-0.39, 0.29) is 5.91 Å². The number of aryl methyl sites for hydroxylation is 1. The molecule has 1 fully saturated rings. The van der Waals surface area contributed by atoms with E-state index in [1.807, 2.05) is 30.3 Å². The van der Waals surface area contributed by atoms with Gasteiger partial charge in [-0.2, -0.15) is 0 Å². The number of benzene rings is 2. The van der Waals surface area contributed by atoms with Crippen LogP contribution in [0.1, 0.15) is 16.1 Å². The van der Waals surface area contributed by atoms with E-state index in [1.165, 1.54) is 11.3 Å². The number of aromatic amines is 1. The van der Waals surface area contributed by atoms with Crippen LogP contribution in [-0.2, 0) is 0 Å². The number of anilines is 1. The molecule has 1 amide bonds. The van der Waals surface area contributed by atoms with Gasteiger partial charge in [-0.15, -0.1) is 0 Å². The Balaban J connectivity index is 1.23. The zero-order valence-electron chi connectivity index (χ0n) is 15.7. The third-order valence-corrected chi connectivity index (χ3v) is 5.23. The molecule has 3 aromatic rings. The minimum atomic E-state index is -0.0374. The number of carbonyl (C=O) groups excluding carboxylic acids is 1. The van der Waals surface area contributed by atoms with Crippen LogP contribution in [-0.4, -0.2) is 55.1 Å². The van der Waals surface area contributed by atoms with Gasteiger partial charge in [-0.1, -0.05) is 30.3 Å². The Kier molecular flexibility index (Phi) is 5.12. The number of hydrogen-bond acceptors (Lipinski definition) is 3. The number of nitrogens with one attached hydrogen (secondary N) is 2. The molecule has 0 spiro atoms. The second kappa shape index (κ2) is 7.84. The number of hydrogen-bond donors (Lipinski definition) is 2. The van der Waals surface area contributed by atoms with E-state index in [4.69, 9.17) is 0 Å². The first kappa shape index (κ1) is 17.6. The third kappa shape index (κ3) is 4.14. The molecule has 0 bridgehead atoms. The highest BCUT2D eigenvalue weighted by Crippen LogP contribution is 2.18. The van der Waals surface area contributed by atoms with E-state index in [2.05, 4.69) is 51.3 Å². The minimum Gasteiger partial charge on any atom is -0.369 e. The molecule has 140 valence electrons. The quantitative estimate of drug-likeness (QED) is 0.734. The molecule has 5 heteroatoms. The molecule has 1 saturated heterocycles. The van der Waals surface area contributed by atoms with Gasteiger partial charge < -0.3 is 15.2 Å². The smallest absolute Gasteiger partial charge is 0.267 e. The Morgan fingerprint density at radius 1 is 1.04 bits per heavy atom. The number of H-pyrrole nitrogens is 1. The molecule has 2 aromatic carbocycles. The zero-order chi connectivity index (χ0) is 18.6. The maximum Gasteiger partial charge on any atom is 0.267 e. The average Bonchev–Trinajstić information content (AvgIpc) is 3.13. The van der Waals surface area contributed by atoms with Crippen LogP contribution in [0.25, 0.3) is 10.9 Å². The molecular formula is C22H26N4O. The van der Waals surface area contributed by atoms with E-state index < -0.39 is 0 Å². The first-order valence-corrected chi connectivity index (χ1v) is 9.59. The second-order valence-electron chi connectivity index (χ2n) is 7.19. The molecule has 0 saturated carbocycles. The summed E-state index contributed by atoms with van der Waals surface area (Å²) in [7, 11) is 0. The van der Waals surface area contributed by atoms with E-state index in [9.17, 15) is 4.79 Å². The predicted molar refractivity (Wildman–Crippen MR) is 110 cm³/mol. The summed E-state index contributed by atoms with van der Waals surface area (Å²) < 4.78 is 0. The number of aromatic nitrogens is 1. The lowest BCUT2D eigenvalue weighted by Crippen LogP contribution is -2.48. The molecule has 27 heavy (non-hydrogen) atoms. The number of rotatable bonds is 5. The molecule has 0 unspecified atom stereocenters. The van der Waals surface area contributed by atoms with E-state index >= 15 is 0 Å². The molecule has 2 N–H and O–H groups in total. The Hall–Kier alpha value is -2.79. The van der Waals surface area contributed by atoms with Gasteiger partial charge in [0.05, 0.1) is 0 Å². The number of piperazine rings is 1. The number of para-hydroxylation sites is 1. The fourth-order valence-electron chi connectivity index (χ4n) is 3.67. The molecule has 5 nitrogen and oxygen atoms in total. The van der Waals surface area contributed by atoms with Gasteiger partial charge in [0.2, 0.25) is 0 Å². The van der Waals surface area contributed by atoms with Gasteiger partial charge in [0.1, 0.15) is 5.69 Å². The molecule has 2 heterocycles. The third-order valence-electron chi connectivity index (χ3n) is 5.23. The van der Waals surface area contributed by atoms with Crippen LogP contribution < -0.4 is 10.2 Å². The van der Waals surface area contributed by atoms with Gasteiger partial charge in [0.25, 0.3) is 5.91 Å². The topological polar surface area (TPSA) is 51.4 Å². The number of amides is 1. The molecule has 0 radical (unpaired) electrons. The Morgan fingerprint density at radius 2 is 1.85 bits per heavy atom. The lowest BCUT2D eigenvalue weighted by Gasteiger charge is -2.36. The van der Waals surface area contributed by atoms with Crippen molar-refractivity contribution in [2.24, 2.45) is 0 Å². The summed E-state index contributed by atoms with van der Waals surface area (Å²) in [4.78, 5) is 20.4. The van der Waals surface area contributed by atoms with Crippen molar-refractivity contribution in [1.29, 1.82) is 0 Å². The summed E-state index contributed by atoms with van der Waals surface area (Å²) in [5.74, 6) is -0.0374. The van der Waals surface area contributed by atoms with Crippen LogP contribution in [0, 0.1) is 6.92 Å². The maximum atomic E-state index is 12.4. The van der Waals surface area contributed by atoms with Crippen molar-refractivity contribution in [1.82, 2.24) is 15.2 Å². The fourth-order valence-corrected chi connectivity index (χ4v) is 3.67. The van der Waals surface area contributed by atoms with Crippen molar-refractivity contribution in [2.75, 3.05) is 44.2 Å². The normalized spacial score (nSPS) is 15.2. The second-order valence-corrected chi connectivity index (χ2v) is 7.19. The SMILES string of the molecule is Cc1cccc(N2CCN(CCNC(=O)c3cc4ccccc4[nH]3)CC2)c1. The van der Waals surface area contributed by atoms with E-state index in [1.54, 1.807) is 0 Å². The van der Waals surface area contributed by atoms with E-state index in [0.29, 0.717) is 12.2 Å². The summed E-state index contributed by atoms with van der Waals surface area (Å²) in [6.07, 6.45) is 0. The number of fused-ring (bicyclic) bond motifs is 1. The van der Waals surface area contributed by atoms with Gasteiger partial charge in [0, 0.05) is 55.9 Å². The first-order valence-electron chi connectivity index (χ1n) is 9.59. The Labute approximate surface area is 160 Å². The number of nitrogens with zero attached hydrogens (tertiary/aromatic N) is 2. The highest BCUT2D eigenvalue weighted by Gasteiger charge is 2.17. The van der Waals surface area contributed by atoms with Crippen molar-refractivity contribution in [2.45, 2.75) is 6.92 Å². The van der Waals surface area contributed by atoms with Crippen molar-refractivity contribution < 1.29 is 4.79 Å². The predicted octanol–water partition coefficient (Wildman–Crippen LogP) is 3.03. The maximum absolute atomic E-state index is 12.4. The summed E-state index contributed by atoms with van der Waals surface area (Å²) >= 11 is 0. The Bertz CT molecular complexity index is 892. The first-order chi connectivity index (χ1) is 13.2. The zero-order valence-corrected chi connectivity index (χ0v) is 15.7. The van der Waals surface area contributed by atoms with Gasteiger partial charge >= 0.3 is 0 Å². The molecule has 0 atom stereocenters. The molecule has 0 aliphatic carbocycles. The fraction of sp³-hybridized carbons (Fsp3) is 0.318. The standard InChI is InChI=1S/C22H26N4O/c1-17-5-4-7-19(15-17)26-13-11-25(12-14-26)10-9-23-22(27)21-16-18-6-2-3-8-20(18)24-21/h2-8,15-16,24H,9-14H2,1H3,(H,23,27). The van der Waals surface area contributed by atoms with Crippen LogP contribution in [0.4, 0.5) is 5.69 Å². The van der Waals surface area contributed by atoms with Crippen LogP contribution in [0.3, 0.4) is 0 Å². The van der Waals surface area contributed by atoms with Gasteiger partial charge in [-0.3, -0.25) is 9.69 Å². The van der Waals surface area contributed by atoms with Crippen LogP contribution in [0.15, 0.2) is 54.6 Å². The summed E-state index contributed by atoms with van der Waals surface area (Å²) in [6, 6.07) is 18.5. The average molecular weight is 362 g/mol. The summed E-state index contributed by atoms with van der Waals surface area (Å²) in [5, 5.41) is 4.10. The van der Waals surface area contributed by atoms with Crippen LogP contribution >= 0.6 is 0 Å². The van der Waals surface area contributed by atoms with Gasteiger partial charge in [-0.05, 0) is 36.8 Å². The largest absolute Gasteiger partial charge is 0.369 e. The Morgan fingerprint density at radius 3 is 2.63 bits per heavy atom. The summed E-state index contributed by atoms with van der Waals surface area (Å²) in [6.45, 7) is 7.78. The van der Waals surface area contributed by atoms with Crippen LogP contribution in [0.2, 0.25) is 0 Å². The molecular weight excluding hydrogens is 336 g/mol. The monoisotopic (exact) mass is 362 g/mol. The van der Waals surface area contributed by atoms with Crippen molar-refractivity contribution in [3.8, 4) is 0 Å². The van der Waals surface area contributed by atoms with Crippen molar-refractivity contribution >= 4 is 22.5 Å². The van der Waals surface area contributed by atoms with Crippen molar-refractivity contribution in [3.05, 3.63) is 65.9 Å². The molecule has 1 aromatic heterocycles. The lowest BCUT2D eigenvalue weighted by atomic mass is 10.2. The van der Waals surface area contributed by atoms with Gasteiger partial charge in [0.15, 0.2) is 0 Å². The molecule has 1 aliphatic heterocycles. The molecule has 1 aliphatic rings. The number of carbonyl (C=O) groups is 1. The van der Waals surface area contributed by atoms with Crippen LogP contribution in [0.5, 0.6) is 0 Å². The minimum absolute atomic E-state index is 0.0374.